The molecule has 0 spiro atoms. The molecule has 1 rings (SSSR count). The summed E-state index contributed by atoms with van der Waals surface area (Å²) in [6.45, 7) is 2.65. The number of carbonyl (C=O) groups excluding carboxylic acids is 2. The molecule has 0 aliphatic carbocycles. The monoisotopic (exact) mass is 277 g/mol. The average molecular weight is 277 g/mol. The molecule has 1 heterocycles. The molecule has 1 saturated heterocycles. The highest BCUT2D eigenvalue weighted by atomic mass is 32.2. The highest BCUT2D eigenvalue weighted by Crippen LogP contribution is 1.97. The second kappa shape index (κ2) is 6.14. The molecule has 0 unspecified atom stereocenters. The molecule has 0 saturated carbocycles. The fraction of sp³-hybridized carbons (Fsp3) is 0.800. The molecule has 1 aliphatic rings. The number of piperazine rings is 1. The van der Waals surface area contributed by atoms with E-state index in [0.717, 1.165) is 24.2 Å². The number of amides is 2. The average Bonchev–Trinajstić information content (AvgIpc) is 2.27. The molecular formula is C10H19N3O4S. The maximum atomic E-state index is 11.8. The number of rotatable bonds is 4. The Labute approximate surface area is 107 Å². The lowest BCUT2D eigenvalue weighted by molar-refractivity contribution is -0.138. The molecule has 0 radical (unpaired) electrons. The van der Waals surface area contributed by atoms with Crippen LogP contribution < -0.4 is 5.32 Å². The molecule has 0 atom stereocenters. The minimum absolute atomic E-state index is 0.0750. The van der Waals surface area contributed by atoms with E-state index in [9.17, 15) is 18.0 Å². The molecular weight excluding hydrogens is 258 g/mol. The molecule has 2 amide bonds. The minimum atomic E-state index is -3.36. The van der Waals surface area contributed by atoms with Gasteiger partial charge in [-0.05, 0) is 0 Å². The number of sulfone groups is 1. The zero-order valence-corrected chi connectivity index (χ0v) is 11.5. The maximum absolute atomic E-state index is 11.8. The molecule has 18 heavy (non-hydrogen) atoms. The largest absolute Gasteiger partial charge is 0.339 e. The summed E-state index contributed by atoms with van der Waals surface area (Å²) in [4.78, 5) is 26.2. The number of carbonyl (C=O) groups is 2. The zero-order chi connectivity index (χ0) is 13.8. The normalized spacial score (nSPS) is 16.4. The number of hydrogen-bond donors (Lipinski definition) is 1. The van der Waals surface area contributed by atoms with Gasteiger partial charge in [-0.25, -0.2) is 8.42 Å². The van der Waals surface area contributed by atoms with Crippen LogP contribution in [-0.4, -0.2) is 81.8 Å². The van der Waals surface area contributed by atoms with Crippen molar-refractivity contribution in [1.29, 1.82) is 0 Å². The van der Waals surface area contributed by atoms with E-state index >= 15 is 0 Å². The van der Waals surface area contributed by atoms with E-state index in [1.807, 2.05) is 0 Å². The van der Waals surface area contributed by atoms with Crippen molar-refractivity contribution in [3.63, 3.8) is 0 Å². The summed E-state index contributed by atoms with van der Waals surface area (Å²) >= 11 is 0. The van der Waals surface area contributed by atoms with Crippen LogP contribution in [0, 0.1) is 0 Å². The summed E-state index contributed by atoms with van der Waals surface area (Å²) in [6, 6.07) is 0. The summed E-state index contributed by atoms with van der Waals surface area (Å²) in [6.07, 6.45) is 0.997. The standard InChI is InChI=1S/C10H19N3O4S/c1-12(10(15)8-18(2,16)17)7-9(14)13-5-3-11-4-6-13/h11H,3-8H2,1-2H3. The van der Waals surface area contributed by atoms with Gasteiger partial charge in [0.05, 0.1) is 6.54 Å². The number of nitrogens with zero attached hydrogens (tertiary/aromatic N) is 2. The van der Waals surface area contributed by atoms with Gasteiger partial charge in [0.2, 0.25) is 11.8 Å². The van der Waals surface area contributed by atoms with Gasteiger partial charge >= 0.3 is 0 Å². The summed E-state index contributed by atoms with van der Waals surface area (Å²) in [7, 11) is -1.92. The summed E-state index contributed by atoms with van der Waals surface area (Å²) in [5, 5.41) is 3.12. The molecule has 0 bridgehead atoms. The van der Waals surface area contributed by atoms with Crippen molar-refractivity contribution in [3.05, 3.63) is 0 Å². The van der Waals surface area contributed by atoms with E-state index < -0.39 is 21.5 Å². The van der Waals surface area contributed by atoms with Gasteiger partial charge < -0.3 is 15.1 Å². The molecule has 1 fully saturated rings. The molecule has 7 nitrogen and oxygen atoms in total. The molecule has 1 aliphatic heterocycles. The lowest BCUT2D eigenvalue weighted by atomic mass is 10.3. The number of hydrogen-bond acceptors (Lipinski definition) is 5. The van der Waals surface area contributed by atoms with Crippen LogP contribution in [0.15, 0.2) is 0 Å². The van der Waals surface area contributed by atoms with Gasteiger partial charge in [0.15, 0.2) is 9.84 Å². The van der Waals surface area contributed by atoms with E-state index in [2.05, 4.69) is 5.32 Å². The second-order valence-electron chi connectivity index (χ2n) is 4.45. The molecule has 0 aromatic heterocycles. The van der Waals surface area contributed by atoms with Crippen molar-refractivity contribution in [3.8, 4) is 0 Å². The third-order valence-corrected chi connectivity index (χ3v) is 3.42. The smallest absolute Gasteiger partial charge is 0.242 e. The Morgan fingerprint density at radius 3 is 2.33 bits per heavy atom. The van der Waals surface area contributed by atoms with Gasteiger partial charge in [-0.1, -0.05) is 0 Å². The highest BCUT2D eigenvalue weighted by molar-refractivity contribution is 7.91. The van der Waals surface area contributed by atoms with E-state index in [1.54, 1.807) is 4.90 Å². The molecule has 0 aromatic carbocycles. The van der Waals surface area contributed by atoms with Gasteiger partial charge in [-0.15, -0.1) is 0 Å². The van der Waals surface area contributed by atoms with Crippen molar-refractivity contribution in [2.75, 3.05) is 51.8 Å². The van der Waals surface area contributed by atoms with Crippen LogP contribution in [0.2, 0.25) is 0 Å². The van der Waals surface area contributed by atoms with Crippen LogP contribution in [0.5, 0.6) is 0 Å². The van der Waals surface area contributed by atoms with E-state index in [4.69, 9.17) is 0 Å². The van der Waals surface area contributed by atoms with Crippen LogP contribution in [0.4, 0.5) is 0 Å². The van der Waals surface area contributed by atoms with Gasteiger partial charge in [0.1, 0.15) is 5.75 Å². The van der Waals surface area contributed by atoms with Crippen LogP contribution in [0.3, 0.4) is 0 Å². The lowest BCUT2D eigenvalue weighted by Gasteiger charge is -2.29. The molecule has 8 heteroatoms. The van der Waals surface area contributed by atoms with E-state index in [1.165, 1.54) is 7.05 Å². The summed E-state index contributed by atoms with van der Waals surface area (Å²) < 4.78 is 22.0. The lowest BCUT2D eigenvalue weighted by Crippen LogP contribution is -2.50. The van der Waals surface area contributed by atoms with Gasteiger partial charge in [-0.3, -0.25) is 9.59 Å². The summed E-state index contributed by atoms with van der Waals surface area (Å²) in [5.74, 6) is -1.26. The fourth-order valence-corrected chi connectivity index (χ4v) is 2.31. The van der Waals surface area contributed by atoms with Gasteiger partial charge in [0, 0.05) is 39.5 Å². The fourth-order valence-electron chi connectivity index (χ4n) is 1.64. The van der Waals surface area contributed by atoms with Gasteiger partial charge in [0.25, 0.3) is 0 Å². The maximum Gasteiger partial charge on any atom is 0.242 e. The Hall–Kier alpha value is -1.15. The minimum Gasteiger partial charge on any atom is -0.339 e. The highest BCUT2D eigenvalue weighted by Gasteiger charge is 2.21. The molecule has 0 aromatic rings. The van der Waals surface area contributed by atoms with Crippen molar-refractivity contribution in [2.45, 2.75) is 0 Å². The SMILES string of the molecule is CN(CC(=O)N1CCNCC1)C(=O)CS(C)(=O)=O. The molecule has 1 N–H and O–H groups in total. The second-order valence-corrected chi connectivity index (χ2v) is 6.59. The van der Waals surface area contributed by atoms with E-state index in [-0.39, 0.29) is 12.5 Å². The summed E-state index contributed by atoms with van der Waals surface area (Å²) in [5.41, 5.74) is 0. The first-order chi connectivity index (χ1) is 8.29. The van der Waals surface area contributed by atoms with Crippen molar-refractivity contribution in [2.24, 2.45) is 0 Å². The topological polar surface area (TPSA) is 86.8 Å². The number of likely N-dealkylation sites (N-methyl/N-ethyl adjacent to an activating group) is 1. The molecule has 104 valence electrons. The van der Waals surface area contributed by atoms with Crippen molar-refractivity contribution >= 4 is 21.7 Å². The van der Waals surface area contributed by atoms with Crippen molar-refractivity contribution in [1.82, 2.24) is 15.1 Å². The first-order valence-corrected chi connectivity index (χ1v) is 7.76. The third-order valence-electron chi connectivity index (χ3n) is 2.65. The number of nitrogens with one attached hydrogen (secondary N) is 1. The Balaban J connectivity index is 2.45. The first kappa shape index (κ1) is 14.9. The van der Waals surface area contributed by atoms with Crippen LogP contribution in [-0.2, 0) is 19.4 Å². The van der Waals surface area contributed by atoms with Crippen LogP contribution >= 0.6 is 0 Å². The predicted molar refractivity (Wildman–Crippen MR) is 66.8 cm³/mol. The third kappa shape index (κ3) is 5.01. The Bertz CT molecular complexity index is 415. The van der Waals surface area contributed by atoms with Crippen molar-refractivity contribution < 1.29 is 18.0 Å². The quantitative estimate of drug-likeness (QED) is 0.637. The zero-order valence-electron chi connectivity index (χ0n) is 10.7. The Morgan fingerprint density at radius 1 is 1.28 bits per heavy atom. The van der Waals surface area contributed by atoms with Crippen LogP contribution in [0.1, 0.15) is 0 Å². The predicted octanol–water partition coefficient (Wildman–Crippen LogP) is -2.08. The Kier molecular flexibility index (Phi) is 5.09. The Morgan fingerprint density at radius 2 is 1.83 bits per heavy atom. The van der Waals surface area contributed by atoms with Crippen LogP contribution in [0.25, 0.3) is 0 Å². The van der Waals surface area contributed by atoms with E-state index in [0.29, 0.717) is 13.1 Å². The first-order valence-electron chi connectivity index (χ1n) is 5.70. The van der Waals surface area contributed by atoms with Gasteiger partial charge in [-0.2, -0.15) is 0 Å².